The minimum atomic E-state index is 0.509. The Bertz CT molecular complexity index is 208. The summed E-state index contributed by atoms with van der Waals surface area (Å²) in [5.41, 5.74) is 3.73. The molecule has 0 radical (unpaired) electrons. The molecule has 0 atom stereocenters. The van der Waals surface area contributed by atoms with E-state index in [-0.39, 0.29) is 0 Å². The molecule has 11 heavy (non-hydrogen) atoms. The van der Waals surface area contributed by atoms with E-state index in [0.29, 0.717) is 6.61 Å². The van der Waals surface area contributed by atoms with Gasteiger partial charge in [0, 0.05) is 0 Å². The van der Waals surface area contributed by atoms with E-state index in [2.05, 4.69) is 12.1 Å². The molecular weight excluding hydrogens is 138 g/mol. The number of para-hydroxylation sites is 1. The molecule has 0 saturated carbocycles. The van der Waals surface area contributed by atoms with Gasteiger partial charge in [-0.1, -0.05) is 24.3 Å². The number of nitrogens with one attached hydrogen (secondary N) is 1. The molecule has 1 aromatic carbocycles. The lowest BCUT2D eigenvalue weighted by atomic mass is 10.3. The first-order valence-corrected chi connectivity index (χ1v) is 3.47. The fourth-order valence-corrected chi connectivity index (χ4v) is 0.690. The summed E-state index contributed by atoms with van der Waals surface area (Å²) in [6, 6.07) is 9.71. The van der Waals surface area contributed by atoms with E-state index in [0.717, 1.165) is 5.69 Å². The number of hydrogen-bond acceptors (Lipinski definition) is 2. The highest BCUT2D eigenvalue weighted by molar-refractivity contribution is 5.39. The topological polar surface area (TPSA) is 21.3 Å². The van der Waals surface area contributed by atoms with Crippen molar-refractivity contribution >= 4 is 5.69 Å². The summed E-state index contributed by atoms with van der Waals surface area (Å²) < 4.78 is 0. The van der Waals surface area contributed by atoms with Crippen LogP contribution in [0.5, 0.6) is 0 Å². The van der Waals surface area contributed by atoms with Gasteiger partial charge in [0.25, 0.3) is 0 Å². The SMILES string of the molecule is C=CCONc1ccccc1. The Balaban J connectivity index is 2.33. The van der Waals surface area contributed by atoms with Crippen molar-refractivity contribution in [2.45, 2.75) is 0 Å². The van der Waals surface area contributed by atoms with Gasteiger partial charge in [0.15, 0.2) is 0 Å². The Labute approximate surface area is 66.5 Å². The van der Waals surface area contributed by atoms with Crippen LogP contribution in [0.4, 0.5) is 5.69 Å². The fourth-order valence-electron chi connectivity index (χ4n) is 0.690. The smallest absolute Gasteiger partial charge is 0.0925 e. The average molecular weight is 149 g/mol. The van der Waals surface area contributed by atoms with E-state index in [1.807, 2.05) is 30.3 Å². The molecular formula is C9H11NO. The molecule has 58 valence electrons. The summed E-state index contributed by atoms with van der Waals surface area (Å²) >= 11 is 0. The minimum Gasteiger partial charge on any atom is -0.272 e. The molecule has 1 N–H and O–H groups in total. The first-order valence-electron chi connectivity index (χ1n) is 3.47. The monoisotopic (exact) mass is 149 g/mol. The molecule has 0 aliphatic rings. The Kier molecular flexibility index (Phi) is 3.22. The third-order valence-electron chi connectivity index (χ3n) is 1.16. The molecule has 2 heteroatoms. The molecule has 0 aliphatic carbocycles. The normalized spacial score (nSPS) is 9.09. The van der Waals surface area contributed by atoms with Gasteiger partial charge in [-0.2, -0.15) is 0 Å². The van der Waals surface area contributed by atoms with E-state index >= 15 is 0 Å². The molecule has 2 nitrogen and oxygen atoms in total. The van der Waals surface area contributed by atoms with Crippen LogP contribution in [0.2, 0.25) is 0 Å². The van der Waals surface area contributed by atoms with Gasteiger partial charge in [0.2, 0.25) is 0 Å². The van der Waals surface area contributed by atoms with Crippen LogP contribution in [0.1, 0.15) is 0 Å². The van der Waals surface area contributed by atoms with E-state index in [9.17, 15) is 0 Å². The summed E-state index contributed by atoms with van der Waals surface area (Å²) in [7, 11) is 0. The van der Waals surface area contributed by atoms with Gasteiger partial charge >= 0.3 is 0 Å². The van der Waals surface area contributed by atoms with Crippen LogP contribution in [-0.4, -0.2) is 6.61 Å². The summed E-state index contributed by atoms with van der Waals surface area (Å²) in [6.07, 6.45) is 1.69. The molecule has 0 aromatic heterocycles. The molecule has 1 rings (SSSR count). The lowest BCUT2D eigenvalue weighted by Gasteiger charge is -2.02. The average Bonchev–Trinajstić information content (AvgIpc) is 2.07. The van der Waals surface area contributed by atoms with Gasteiger partial charge in [-0.3, -0.25) is 10.3 Å². The maximum atomic E-state index is 5.00. The van der Waals surface area contributed by atoms with Crippen LogP contribution in [0.15, 0.2) is 43.0 Å². The molecule has 0 aliphatic heterocycles. The van der Waals surface area contributed by atoms with E-state index in [1.54, 1.807) is 6.08 Å². The lowest BCUT2D eigenvalue weighted by Crippen LogP contribution is -1.99. The minimum absolute atomic E-state index is 0.509. The standard InChI is InChI=1S/C9H11NO/c1-2-8-11-10-9-6-4-3-5-7-9/h2-7,10H,1,8H2. The summed E-state index contributed by atoms with van der Waals surface area (Å²) in [5, 5.41) is 0. The maximum Gasteiger partial charge on any atom is 0.0925 e. The predicted molar refractivity (Wildman–Crippen MR) is 46.2 cm³/mol. The van der Waals surface area contributed by atoms with Gasteiger partial charge in [-0.05, 0) is 12.1 Å². The number of anilines is 1. The molecule has 0 heterocycles. The number of benzene rings is 1. The lowest BCUT2D eigenvalue weighted by molar-refractivity contribution is 0.228. The van der Waals surface area contributed by atoms with E-state index in [4.69, 9.17) is 4.84 Å². The third kappa shape index (κ3) is 2.87. The van der Waals surface area contributed by atoms with Crippen LogP contribution >= 0.6 is 0 Å². The zero-order chi connectivity index (χ0) is 7.94. The van der Waals surface area contributed by atoms with Crippen molar-refractivity contribution in [3.05, 3.63) is 43.0 Å². The maximum absolute atomic E-state index is 5.00. The Morgan fingerprint density at radius 3 is 2.73 bits per heavy atom. The highest BCUT2D eigenvalue weighted by Crippen LogP contribution is 2.03. The number of hydrogen-bond donors (Lipinski definition) is 1. The van der Waals surface area contributed by atoms with Crippen molar-refractivity contribution in [1.29, 1.82) is 0 Å². The Hall–Kier alpha value is -1.28. The van der Waals surface area contributed by atoms with Crippen LogP contribution in [0.25, 0.3) is 0 Å². The second-order valence-corrected chi connectivity index (χ2v) is 2.07. The van der Waals surface area contributed by atoms with Gasteiger partial charge in [0.1, 0.15) is 0 Å². The molecule has 0 unspecified atom stereocenters. The van der Waals surface area contributed by atoms with Crippen molar-refractivity contribution in [1.82, 2.24) is 0 Å². The zero-order valence-electron chi connectivity index (χ0n) is 6.29. The van der Waals surface area contributed by atoms with Crippen LogP contribution in [0.3, 0.4) is 0 Å². The Morgan fingerprint density at radius 1 is 1.36 bits per heavy atom. The van der Waals surface area contributed by atoms with Gasteiger partial charge in [-0.15, -0.1) is 6.58 Å². The first-order chi connectivity index (χ1) is 5.43. The highest BCUT2D eigenvalue weighted by Gasteiger charge is 1.85. The molecule has 0 fully saturated rings. The van der Waals surface area contributed by atoms with Crippen molar-refractivity contribution in [3.8, 4) is 0 Å². The van der Waals surface area contributed by atoms with Crippen LogP contribution in [0, 0.1) is 0 Å². The van der Waals surface area contributed by atoms with Crippen molar-refractivity contribution in [3.63, 3.8) is 0 Å². The van der Waals surface area contributed by atoms with E-state index < -0.39 is 0 Å². The molecule has 1 aromatic rings. The van der Waals surface area contributed by atoms with Gasteiger partial charge in [-0.25, -0.2) is 0 Å². The summed E-state index contributed by atoms with van der Waals surface area (Å²) in [6.45, 7) is 4.04. The highest BCUT2D eigenvalue weighted by atomic mass is 16.6. The Morgan fingerprint density at radius 2 is 2.09 bits per heavy atom. The fraction of sp³-hybridized carbons (Fsp3) is 0.111. The molecule has 0 amide bonds. The first kappa shape index (κ1) is 7.82. The predicted octanol–water partition coefficient (Wildman–Crippen LogP) is 2.22. The molecule has 0 spiro atoms. The second kappa shape index (κ2) is 4.52. The van der Waals surface area contributed by atoms with Crippen molar-refractivity contribution in [2.75, 3.05) is 12.1 Å². The largest absolute Gasteiger partial charge is 0.272 e. The summed E-state index contributed by atoms with van der Waals surface area (Å²) in [5.74, 6) is 0. The van der Waals surface area contributed by atoms with Gasteiger partial charge < -0.3 is 0 Å². The van der Waals surface area contributed by atoms with Gasteiger partial charge in [0.05, 0.1) is 12.3 Å². The molecule has 0 saturated heterocycles. The van der Waals surface area contributed by atoms with Crippen molar-refractivity contribution in [2.24, 2.45) is 0 Å². The third-order valence-corrected chi connectivity index (χ3v) is 1.16. The van der Waals surface area contributed by atoms with Crippen LogP contribution in [-0.2, 0) is 4.84 Å². The quantitative estimate of drug-likeness (QED) is 0.402. The molecule has 0 bridgehead atoms. The zero-order valence-corrected chi connectivity index (χ0v) is 6.29. The van der Waals surface area contributed by atoms with Crippen LogP contribution < -0.4 is 5.48 Å². The second-order valence-electron chi connectivity index (χ2n) is 2.07. The number of rotatable bonds is 4. The summed E-state index contributed by atoms with van der Waals surface area (Å²) in [4.78, 5) is 5.00. The van der Waals surface area contributed by atoms with Crippen molar-refractivity contribution < 1.29 is 4.84 Å². The van der Waals surface area contributed by atoms with E-state index in [1.165, 1.54) is 0 Å².